The molecular formula is C27H28N4O2S. The van der Waals surface area contributed by atoms with Crippen LogP contribution in [0.3, 0.4) is 0 Å². The van der Waals surface area contributed by atoms with Gasteiger partial charge in [-0.05, 0) is 47.5 Å². The lowest BCUT2D eigenvalue weighted by Crippen LogP contribution is -2.41. The summed E-state index contributed by atoms with van der Waals surface area (Å²) in [5, 5.41) is 9.54. The van der Waals surface area contributed by atoms with Gasteiger partial charge in [0.2, 0.25) is 5.13 Å². The molecule has 3 unspecified atom stereocenters. The molecule has 1 aromatic heterocycles. The lowest BCUT2D eigenvalue weighted by Gasteiger charge is -2.37. The molecule has 7 heteroatoms. The molecular weight excluding hydrogens is 444 g/mol. The van der Waals surface area contributed by atoms with Crippen molar-refractivity contribution in [3.63, 3.8) is 0 Å². The first-order valence-electron chi connectivity index (χ1n) is 11.4. The molecule has 6 nitrogen and oxygen atoms in total. The Hall–Kier alpha value is -3.42. The first kappa shape index (κ1) is 22.4. The quantitative estimate of drug-likeness (QED) is 0.327. The molecule has 174 valence electrons. The molecule has 2 N–H and O–H groups in total. The third-order valence-electron chi connectivity index (χ3n) is 6.40. The average molecular weight is 473 g/mol. The number of piperidine rings is 1. The molecule has 0 radical (unpaired) electrons. The second-order valence-corrected chi connectivity index (χ2v) is 9.47. The van der Waals surface area contributed by atoms with Gasteiger partial charge in [-0.1, -0.05) is 54.7 Å². The average Bonchev–Trinajstić information content (AvgIpc) is 3.31. The minimum absolute atomic E-state index is 0.114. The van der Waals surface area contributed by atoms with Crippen LogP contribution in [0.5, 0.6) is 11.5 Å². The van der Waals surface area contributed by atoms with Crippen LogP contribution in [0.15, 0.2) is 77.9 Å². The number of ether oxygens (including phenoxy) is 2. The normalized spacial score (nSPS) is 21.5. The van der Waals surface area contributed by atoms with Gasteiger partial charge in [0.15, 0.2) is 0 Å². The molecule has 5 rings (SSSR count). The maximum atomic E-state index is 5.36. The first-order chi connectivity index (χ1) is 16.6. The van der Waals surface area contributed by atoms with Crippen LogP contribution in [0.4, 0.5) is 5.13 Å². The largest absolute Gasteiger partial charge is 0.497 e. The molecule has 1 saturated heterocycles. The summed E-state index contributed by atoms with van der Waals surface area (Å²) in [5.74, 6) is 1.90. The number of thiazole rings is 1. The fourth-order valence-corrected chi connectivity index (χ4v) is 5.25. The highest BCUT2D eigenvalue weighted by Crippen LogP contribution is 2.36. The monoisotopic (exact) mass is 472 g/mol. The van der Waals surface area contributed by atoms with Gasteiger partial charge in [0, 0.05) is 30.1 Å². The van der Waals surface area contributed by atoms with Crippen LogP contribution >= 0.6 is 11.3 Å². The number of nitrogens with one attached hydrogen (secondary N) is 2. The highest BCUT2D eigenvalue weighted by atomic mass is 32.1. The van der Waals surface area contributed by atoms with Crippen molar-refractivity contribution in [3.05, 3.63) is 83.9 Å². The Labute approximate surface area is 203 Å². The summed E-state index contributed by atoms with van der Waals surface area (Å²) in [5.41, 5.74) is 7.75. The number of anilines is 1. The number of fused-ring (bicyclic) bond motifs is 1. The molecule has 34 heavy (non-hydrogen) atoms. The molecule has 0 bridgehead atoms. The number of methoxy groups -OCH3 is 2. The van der Waals surface area contributed by atoms with E-state index in [9.17, 15) is 0 Å². The molecule has 0 saturated carbocycles. The van der Waals surface area contributed by atoms with E-state index in [0.717, 1.165) is 39.0 Å². The van der Waals surface area contributed by atoms with Crippen LogP contribution in [-0.2, 0) is 0 Å². The predicted molar refractivity (Wildman–Crippen MR) is 139 cm³/mol. The smallest absolute Gasteiger partial charge is 0.204 e. The Morgan fingerprint density at radius 3 is 2.21 bits per heavy atom. The van der Waals surface area contributed by atoms with E-state index < -0.39 is 0 Å². The maximum Gasteiger partial charge on any atom is 0.204 e. The molecule has 1 aliphatic heterocycles. The molecule has 0 aliphatic carbocycles. The summed E-state index contributed by atoms with van der Waals surface area (Å²) in [6.45, 7) is 2.23. The van der Waals surface area contributed by atoms with Gasteiger partial charge in [0.1, 0.15) is 11.5 Å². The molecule has 3 aromatic carbocycles. The summed E-state index contributed by atoms with van der Waals surface area (Å²) in [7, 11) is 3.38. The molecule has 0 amide bonds. The Morgan fingerprint density at radius 2 is 1.56 bits per heavy atom. The highest BCUT2D eigenvalue weighted by molar-refractivity contribution is 7.22. The van der Waals surface area contributed by atoms with Crippen molar-refractivity contribution in [2.75, 3.05) is 19.6 Å². The number of hydrazone groups is 1. The number of rotatable bonds is 6. The van der Waals surface area contributed by atoms with Crippen LogP contribution in [0.25, 0.3) is 10.2 Å². The zero-order valence-electron chi connectivity index (χ0n) is 19.5. The van der Waals surface area contributed by atoms with E-state index in [-0.39, 0.29) is 18.0 Å². The first-order valence-corrected chi connectivity index (χ1v) is 12.2. The maximum absolute atomic E-state index is 5.36. The third kappa shape index (κ3) is 4.62. The van der Waals surface area contributed by atoms with Crippen LogP contribution in [0, 0.1) is 5.92 Å². The fourth-order valence-electron chi connectivity index (χ4n) is 4.44. The van der Waals surface area contributed by atoms with Crippen LogP contribution in [0.1, 0.15) is 36.6 Å². The van der Waals surface area contributed by atoms with Crippen molar-refractivity contribution in [1.82, 2.24) is 10.3 Å². The number of hydrogen-bond donors (Lipinski definition) is 2. The lowest BCUT2D eigenvalue weighted by molar-refractivity contribution is 0.363. The SMILES string of the molecule is COc1ccc(C2C/C(=N\Nc3nc4ccccc4s3)C(C)C(c3ccc(OC)cc3)N2)cc1. The number of aromatic nitrogens is 1. The fraction of sp³-hybridized carbons (Fsp3) is 0.259. The van der Waals surface area contributed by atoms with Crippen molar-refractivity contribution >= 4 is 32.4 Å². The second-order valence-electron chi connectivity index (χ2n) is 8.44. The number of para-hydroxylation sites is 1. The number of nitrogens with zero attached hydrogens (tertiary/aromatic N) is 2. The molecule has 0 spiro atoms. The zero-order valence-corrected chi connectivity index (χ0v) is 20.3. The van der Waals surface area contributed by atoms with Gasteiger partial charge >= 0.3 is 0 Å². The van der Waals surface area contributed by atoms with Crippen LogP contribution < -0.4 is 20.2 Å². The summed E-state index contributed by atoms with van der Waals surface area (Å²) in [6, 6.07) is 24.9. The van der Waals surface area contributed by atoms with Crippen LogP contribution in [0.2, 0.25) is 0 Å². The van der Waals surface area contributed by atoms with Gasteiger partial charge in [0.05, 0.1) is 24.4 Å². The van der Waals surface area contributed by atoms with E-state index in [0.29, 0.717) is 0 Å². The third-order valence-corrected chi connectivity index (χ3v) is 7.34. The van der Waals surface area contributed by atoms with Crippen molar-refractivity contribution in [1.29, 1.82) is 0 Å². The highest BCUT2D eigenvalue weighted by Gasteiger charge is 2.34. The molecule has 4 aromatic rings. The Balaban J connectivity index is 1.45. The Bertz CT molecular complexity index is 1250. The Morgan fingerprint density at radius 1 is 0.912 bits per heavy atom. The summed E-state index contributed by atoms with van der Waals surface area (Å²) in [4.78, 5) is 4.67. The standard InChI is InChI=1S/C27H28N4O2S/c1-17-23(30-31-27-29-22-6-4-5-7-25(22)34-27)16-24(18-8-12-20(32-2)13-9-18)28-26(17)19-10-14-21(33-3)15-11-19/h4-15,17,24,26,28H,16H2,1-3H3,(H,29,31)/b30-23+. The molecule has 1 aliphatic rings. The second kappa shape index (κ2) is 9.83. The Kier molecular flexibility index (Phi) is 6.47. The minimum Gasteiger partial charge on any atom is -0.497 e. The molecule has 2 heterocycles. The minimum atomic E-state index is 0.114. The van der Waals surface area contributed by atoms with Gasteiger partial charge in [-0.15, -0.1) is 0 Å². The van der Waals surface area contributed by atoms with E-state index >= 15 is 0 Å². The summed E-state index contributed by atoms with van der Waals surface area (Å²) >= 11 is 1.62. The van der Waals surface area contributed by atoms with Crippen molar-refractivity contribution in [3.8, 4) is 11.5 Å². The lowest BCUT2D eigenvalue weighted by atomic mass is 9.81. The number of hydrogen-bond acceptors (Lipinski definition) is 7. The van der Waals surface area contributed by atoms with E-state index in [2.05, 4.69) is 53.0 Å². The topological polar surface area (TPSA) is 67.8 Å². The van der Waals surface area contributed by atoms with Gasteiger partial charge in [-0.2, -0.15) is 5.10 Å². The van der Waals surface area contributed by atoms with E-state index in [1.165, 1.54) is 11.1 Å². The van der Waals surface area contributed by atoms with Gasteiger partial charge in [0.25, 0.3) is 0 Å². The predicted octanol–water partition coefficient (Wildman–Crippen LogP) is 6.19. The van der Waals surface area contributed by atoms with E-state index in [1.807, 2.05) is 42.5 Å². The molecule has 3 atom stereocenters. The van der Waals surface area contributed by atoms with Gasteiger partial charge < -0.3 is 14.8 Å². The van der Waals surface area contributed by atoms with Crippen LogP contribution in [-0.4, -0.2) is 24.9 Å². The molecule has 1 fully saturated rings. The van der Waals surface area contributed by atoms with Crippen molar-refractivity contribution in [2.45, 2.75) is 25.4 Å². The van der Waals surface area contributed by atoms with Gasteiger partial charge in [-0.3, -0.25) is 5.43 Å². The van der Waals surface area contributed by atoms with Crippen molar-refractivity contribution in [2.24, 2.45) is 11.0 Å². The summed E-state index contributed by atoms with van der Waals surface area (Å²) in [6.07, 6.45) is 0.804. The van der Waals surface area contributed by atoms with Crippen molar-refractivity contribution < 1.29 is 9.47 Å². The van der Waals surface area contributed by atoms with Gasteiger partial charge in [-0.25, -0.2) is 4.98 Å². The number of benzene rings is 3. The summed E-state index contributed by atoms with van der Waals surface area (Å²) < 4.78 is 11.9. The van der Waals surface area contributed by atoms with E-state index in [4.69, 9.17) is 14.6 Å². The zero-order chi connectivity index (χ0) is 23.5. The van der Waals surface area contributed by atoms with E-state index in [1.54, 1.807) is 25.6 Å².